The minimum atomic E-state index is -2.69. The SMILES string of the molecule is CC(C)(C)[Si]1(C(C)(C)C)OC[C@H]2OC=C[C@@H](OC(=O)C=[N+]=[N-])[C@@H]2O1. The Morgan fingerprint density at radius 2 is 1.92 bits per heavy atom. The Labute approximate surface area is 143 Å². The minimum Gasteiger partial charge on any atom is -0.493 e. The monoisotopic (exact) mass is 354 g/mol. The molecule has 1 saturated heterocycles. The summed E-state index contributed by atoms with van der Waals surface area (Å²) in [6.07, 6.45) is 2.43. The second-order valence-electron chi connectivity index (χ2n) is 8.16. The smallest absolute Gasteiger partial charge is 0.414 e. The van der Waals surface area contributed by atoms with Gasteiger partial charge in [0.05, 0.1) is 12.9 Å². The molecule has 0 aromatic heterocycles. The van der Waals surface area contributed by atoms with E-state index in [9.17, 15) is 4.79 Å². The Balaban J connectivity index is 2.33. The van der Waals surface area contributed by atoms with Crippen molar-refractivity contribution < 1.29 is 27.9 Å². The number of fused-ring (bicyclic) bond motifs is 1. The van der Waals surface area contributed by atoms with Crippen molar-refractivity contribution in [3.63, 3.8) is 0 Å². The van der Waals surface area contributed by atoms with Crippen LogP contribution in [-0.2, 0) is 23.1 Å². The van der Waals surface area contributed by atoms with Crippen molar-refractivity contribution in [2.24, 2.45) is 0 Å². The summed E-state index contributed by atoms with van der Waals surface area (Å²) < 4.78 is 23.8. The van der Waals surface area contributed by atoms with E-state index in [1.54, 1.807) is 6.08 Å². The highest BCUT2D eigenvalue weighted by molar-refractivity contribution is 6.73. The Hall–Kier alpha value is -1.47. The zero-order valence-electron chi connectivity index (χ0n) is 15.1. The maximum absolute atomic E-state index is 11.7. The van der Waals surface area contributed by atoms with Crippen LogP contribution in [0.4, 0.5) is 0 Å². The molecule has 0 bridgehead atoms. The van der Waals surface area contributed by atoms with Gasteiger partial charge in [0.2, 0.25) is 0 Å². The van der Waals surface area contributed by atoms with Gasteiger partial charge >= 0.3 is 20.7 Å². The summed E-state index contributed by atoms with van der Waals surface area (Å²) in [5.41, 5.74) is 8.48. The van der Waals surface area contributed by atoms with E-state index < -0.39 is 26.7 Å². The van der Waals surface area contributed by atoms with Crippen LogP contribution in [0.1, 0.15) is 41.5 Å². The number of rotatable bonds is 2. The van der Waals surface area contributed by atoms with Crippen molar-refractivity contribution in [3.05, 3.63) is 17.9 Å². The van der Waals surface area contributed by atoms with Gasteiger partial charge in [-0.2, -0.15) is 4.79 Å². The number of hydrogen-bond donors (Lipinski definition) is 0. The van der Waals surface area contributed by atoms with E-state index in [0.29, 0.717) is 6.61 Å². The molecule has 0 aromatic carbocycles. The molecule has 2 aliphatic rings. The molecule has 0 N–H and O–H groups in total. The maximum Gasteiger partial charge on any atom is 0.414 e. The summed E-state index contributed by atoms with van der Waals surface area (Å²) in [5.74, 6) is -0.735. The van der Waals surface area contributed by atoms with E-state index in [4.69, 9.17) is 23.9 Å². The van der Waals surface area contributed by atoms with Crippen molar-refractivity contribution in [1.82, 2.24) is 0 Å². The van der Waals surface area contributed by atoms with Crippen LogP contribution >= 0.6 is 0 Å². The fourth-order valence-corrected chi connectivity index (χ4v) is 8.51. The van der Waals surface area contributed by atoms with Gasteiger partial charge in [-0.3, -0.25) is 0 Å². The fraction of sp³-hybridized carbons (Fsp3) is 0.750. The number of carbonyl (C=O) groups excluding carboxylic acids is 1. The van der Waals surface area contributed by atoms with Gasteiger partial charge in [0, 0.05) is 10.1 Å². The fourth-order valence-electron chi connectivity index (χ4n) is 3.55. The summed E-state index contributed by atoms with van der Waals surface area (Å²) >= 11 is 0. The normalized spacial score (nSPS) is 29.0. The van der Waals surface area contributed by atoms with Crippen LogP contribution in [0.15, 0.2) is 12.3 Å². The summed E-state index contributed by atoms with van der Waals surface area (Å²) in [5, 5.41) is -0.364. The Bertz CT molecular complexity index is 558. The molecule has 0 spiro atoms. The second-order valence-corrected chi connectivity index (χ2v) is 12.9. The average molecular weight is 354 g/mol. The van der Waals surface area contributed by atoms with Crippen molar-refractivity contribution in [2.45, 2.75) is 69.9 Å². The van der Waals surface area contributed by atoms with E-state index in [0.717, 1.165) is 6.21 Å². The number of ether oxygens (including phenoxy) is 2. The lowest BCUT2D eigenvalue weighted by Crippen LogP contribution is -2.67. The predicted molar refractivity (Wildman–Crippen MR) is 89.6 cm³/mol. The molecule has 134 valence electrons. The molecule has 1 fully saturated rings. The highest BCUT2D eigenvalue weighted by atomic mass is 28.4. The molecule has 24 heavy (non-hydrogen) atoms. The second kappa shape index (κ2) is 6.44. The summed E-state index contributed by atoms with van der Waals surface area (Å²) in [6, 6.07) is 0. The van der Waals surface area contributed by atoms with Crippen molar-refractivity contribution in [3.8, 4) is 0 Å². The molecular formula is C16H26N2O5Si. The predicted octanol–water partition coefficient (Wildman–Crippen LogP) is 2.57. The van der Waals surface area contributed by atoms with Gasteiger partial charge < -0.3 is 23.9 Å². The topological polar surface area (TPSA) is 90.4 Å². The lowest BCUT2D eigenvalue weighted by molar-refractivity contribution is -0.162. The standard InChI is InChI=1S/C16H26N2O5Si/c1-15(2,3)24(16(4,5)6)21-10-12-14(23-24)11(7-8-20-12)22-13(19)9-18-17/h7-9,11-12,14H,10H2,1-6H3/t11-,12-,14+/m1/s1. The van der Waals surface area contributed by atoms with Gasteiger partial charge in [-0.15, -0.1) is 0 Å². The minimum absolute atomic E-state index is 0.182. The number of hydrogen-bond acceptors (Lipinski definition) is 5. The third kappa shape index (κ3) is 3.32. The van der Waals surface area contributed by atoms with Crippen molar-refractivity contribution in [1.29, 1.82) is 0 Å². The molecule has 0 aliphatic carbocycles. The lowest BCUT2D eigenvalue weighted by atomic mass is 10.1. The van der Waals surface area contributed by atoms with Crippen LogP contribution in [0.25, 0.3) is 5.53 Å². The van der Waals surface area contributed by atoms with Gasteiger partial charge in [-0.1, -0.05) is 41.5 Å². The largest absolute Gasteiger partial charge is 0.493 e. The molecule has 0 unspecified atom stereocenters. The molecule has 2 rings (SSSR count). The van der Waals surface area contributed by atoms with E-state index in [1.165, 1.54) is 6.26 Å². The molecule has 0 radical (unpaired) electrons. The highest BCUT2D eigenvalue weighted by Crippen LogP contribution is 2.54. The Morgan fingerprint density at radius 3 is 2.46 bits per heavy atom. The molecule has 3 atom stereocenters. The zero-order chi connectivity index (χ0) is 18.2. The van der Waals surface area contributed by atoms with Crippen molar-refractivity contribution >= 4 is 20.7 Å². The van der Waals surface area contributed by atoms with E-state index >= 15 is 0 Å². The van der Waals surface area contributed by atoms with Crippen LogP contribution in [0, 0.1) is 0 Å². The number of esters is 1. The van der Waals surface area contributed by atoms with Gasteiger partial charge in [-0.05, 0) is 6.08 Å². The van der Waals surface area contributed by atoms with Gasteiger partial charge in [0.25, 0.3) is 0 Å². The van der Waals surface area contributed by atoms with Gasteiger partial charge in [-0.25, -0.2) is 4.79 Å². The Morgan fingerprint density at radius 1 is 1.29 bits per heavy atom. The van der Waals surface area contributed by atoms with Gasteiger partial charge in [0.1, 0.15) is 12.2 Å². The molecule has 2 heterocycles. The molecule has 7 nitrogen and oxygen atoms in total. The number of carbonyl (C=O) groups is 1. The van der Waals surface area contributed by atoms with Crippen LogP contribution < -0.4 is 0 Å². The molecule has 0 amide bonds. The molecular weight excluding hydrogens is 328 g/mol. The quantitative estimate of drug-likeness (QED) is 0.250. The summed E-state index contributed by atoms with van der Waals surface area (Å²) in [7, 11) is -2.69. The first-order valence-corrected chi connectivity index (χ1v) is 9.85. The van der Waals surface area contributed by atoms with E-state index in [2.05, 4.69) is 46.3 Å². The van der Waals surface area contributed by atoms with Crippen LogP contribution in [0.5, 0.6) is 0 Å². The molecule has 0 aromatic rings. The Kier molecular flexibility index (Phi) is 5.06. The summed E-state index contributed by atoms with van der Waals surface area (Å²) in [6.45, 7) is 13.1. The highest BCUT2D eigenvalue weighted by Gasteiger charge is 2.63. The maximum atomic E-state index is 11.7. The van der Waals surface area contributed by atoms with Gasteiger partial charge in [0.15, 0.2) is 6.10 Å². The van der Waals surface area contributed by atoms with E-state index in [-0.39, 0.29) is 16.2 Å². The molecule has 0 saturated carbocycles. The lowest BCUT2D eigenvalue weighted by Gasteiger charge is -2.55. The summed E-state index contributed by atoms with van der Waals surface area (Å²) in [4.78, 5) is 14.4. The first-order valence-electron chi connectivity index (χ1n) is 8.04. The van der Waals surface area contributed by atoms with Crippen molar-refractivity contribution in [2.75, 3.05) is 6.61 Å². The first kappa shape index (κ1) is 18.9. The first-order chi connectivity index (χ1) is 11.0. The zero-order valence-corrected chi connectivity index (χ0v) is 16.1. The molecule has 8 heteroatoms. The molecule has 2 aliphatic heterocycles. The van der Waals surface area contributed by atoms with E-state index in [1.807, 2.05) is 0 Å². The third-order valence-electron chi connectivity index (χ3n) is 4.35. The van der Waals surface area contributed by atoms with Crippen LogP contribution in [0.3, 0.4) is 0 Å². The number of nitrogens with zero attached hydrogens (tertiary/aromatic N) is 2. The van der Waals surface area contributed by atoms with Crippen LogP contribution in [0.2, 0.25) is 10.1 Å². The van der Waals surface area contributed by atoms with Crippen LogP contribution in [-0.4, -0.2) is 50.5 Å². The average Bonchev–Trinajstić information content (AvgIpc) is 2.45. The third-order valence-corrected chi connectivity index (χ3v) is 9.48.